The van der Waals surface area contributed by atoms with Crippen LogP contribution in [0.4, 0.5) is 5.69 Å². The van der Waals surface area contributed by atoms with Gasteiger partial charge in [0.25, 0.3) is 0 Å². The van der Waals surface area contributed by atoms with Gasteiger partial charge in [0.15, 0.2) is 0 Å². The first-order chi connectivity index (χ1) is 9.79. The van der Waals surface area contributed by atoms with Gasteiger partial charge in [-0.1, -0.05) is 6.42 Å². The molecule has 0 spiro atoms. The summed E-state index contributed by atoms with van der Waals surface area (Å²) in [5.74, 6) is 0.833. The lowest BCUT2D eigenvalue weighted by atomic mass is 9.82. The van der Waals surface area contributed by atoms with Crippen molar-refractivity contribution < 1.29 is 5.11 Å². The van der Waals surface area contributed by atoms with E-state index in [-0.39, 0.29) is 5.75 Å². The molecule has 3 rings (SSSR count). The molecule has 1 aromatic heterocycles. The van der Waals surface area contributed by atoms with Gasteiger partial charge < -0.3 is 16.2 Å². The van der Waals surface area contributed by atoms with Crippen molar-refractivity contribution in [3.63, 3.8) is 0 Å². The van der Waals surface area contributed by atoms with Crippen LogP contribution in [0.1, 0.15) is 30.9 Å². The van der Waals surface area contributed by atoms with Gasteiger partial charge in [0, 0.05) is 19.0 Å². The molecule has 0 unspecified atom stereocenters. The zero-order valence-corrected chi connectivity index (χ0v) is 11.4. The van der Waals surface area contributed by atoms with Crippen molar-refractivity contribution >= 4 is 5.69 Å². The van der Waals surface area contributed by atoms with Crippen LogP contribution in [0.2, 0.25) is 0 Å². The number of anilines is 1. The van der Waals surface area contributed by atoms with Gasteiger partial charge in [0.05, 0.1) is 23.3 Å². The first-order valence-corrected chi connectivity index (χ1v) is 7.11. The van der Waals surface area contributed by atoms with Crippen LogP contribution in [0.5, 0.6) is 5.75 Å². The Morgan fingerprint density at radius 3 is 2.65 bits per heavy atom. The molecule has 0 saturated heterocycles. The van der Waals surface area contributed by atoms with Crippen molar-refractivity contribution in [2.24, 2.45) is 5.73 Å². The fourth-order valence-electron chi connectivity index (χ4n) is 2.58. The molecule has 0 amide bonds. The average Bonchev–Trinajstić information content (AvgIpc) is 2.79. The van der Waals surface area contributed by atoms with Gasteiger partial charge in [-0.15, -0.1) is 0 Å². The summed E-state index contributed by atoms with van der Waals surface area (Å²) < 4.78 is 1.97. The summed E-state index contributed by atoms with van der Waals surface area (Å²) in [6.45, 7) is 1.36. The molecule has 1 heterocycles. The summed E-state index contributed by atoms with van der Waals surface area (Å²) in [5.41, 5.74) is 8.85. The van der Waals surface area contributed by atoms with Crippen LogP contribution < -0.4 is 11.1 Å². The van der Waals surface area contributed by atoms with Gasteiger partial charge >= 0.3 is 0 Å². The topological polar surface area (TPSA) is 76.1 Å². The van der Waals surface area contributed by atoms with Gasteiger partial charge in [0.2, 0.25) is 0 Å². The van der Waals surface area contributed by atoms with Crippen molar-refractivity contribution in [3.05, 3.63) is 36.2 Å². The Balaban J connectivity index is 1.97. The number of hydrogen-bond donors (Lipinski definition) is 3. The van der Waals surface area contributed by atoms with E-state index in [1.165, 1.54) is 25.0 Å². The third-order valence-electron chi connectivity index (χ3n) is 3.85. The molecule has 2 aromatic rings. The van der Waals surface area contributed by atoms with Crippen molar-refractivity contribution in [2.45, 2.75) is 25.2 Å². The number of aromatic nitrogens is 2. The molecule has 0 radical (unpaired) electrons. The minimum absolute atomic E-state index is 0.271. The number of phenolic OH excluding ortho intramolecular Hbond substituents is 1. The molecule has 5 nitrogen and oxygen atoms in total. The SMILES string of the molecule is NCCNc1cnn(-c2ccc(O)cc2)c1C1CCC1. The average molecular weight is 272 g/mol. The minimum Gasteiger partial charge on any atom is -0.508 e. The lowest BCUT2D eigenvalue weighted by molar-refractivity contribution is 0.404. The van der Waals surface area contributed by atoms with Crippen LogP contribution in [-0.4, -0.2) is 28.0 Å². The highest BCUT2D eigenvalue weighted by Gasteiger charge is 2.27. The highest BCUT2D eigenvalue weighted by molar-refractivity contribution is 5.52. The van der Waals surface area contributed by atoms with E-state index in [1.54, 1.807) is 12.1 Å². The van der Waals surface area contributed by atoms with Crippen LogP contribution in [0.3, 0.4) is 0 Å². The minimum atomic E-state index is 0.271. The summed E-state index contributed by atoms with van der Waals surface area (Å²) in [6.07, 6.45) is 5.57. The molecule has 1 aromatic carbocycles. The van der Waals surface area contributed by atoms with Crippen LogP contribution in [0.15, 0.2) is 30.5 Å². The molecule has 0 aliphatic heterocycles. The van der Waals surface area contributed by atoms with Crippen molar-refractivity contribution in [1.29, 1.82) is 0 Å². The Bertz CT molecular complexity index is 572. The Morgan fingerprint density at radius 2 is 2.05 bits per heavy atom. The predicted molar refractivity (Wildman–Crippen MR) is 79.4 cm³/mol. The summed E-state index contributed by atoms with van der Waals surface area (Å²) in [7, 11) is 0. The highest BCUT2D eigenvalue weighted by atomic mass is 16.3. The number of aromatic hydroxyl groups is 1. The zero-order chi connectivity index (χ0) is 13.9. The summed E-state index contributed by atoms with van der Waals surface area (Å²) in [5, 5.41) is 17.3. The maximum atomic E-state index is 9.40. The Hall–Kier alpha value is -2.01. The standard InChI is InChI=1S/C15H20N4O/c16-8-9-17-14-10-18-19(15(14)11-2-1-3-11)12-4-6-13(20)7-5-12/h4-7,10-11,17,20H,1-3,8-9,16H2. The van der Waals surface area contributed by atoms with Crippen LogP contribution in [0, 0.1) is 0 Å². The predicted octanol–water partition coefficient (Wildman–Crippen LogP) is 2.22. The number of benzene rings is 1. The van der Waals surface area contributed by atoms with E-state index < -0.39 is 0 Å². The van der Waals surface area contributed by atoms with Crippen LogP contribution in [0.25, 0.3) is 5.69 Å². The summed E-state index contributed by atoms with van der Waals surface area (Å²) >= 11 is 0. The summed E-state index contributed by atoms with van der Waals surface area (Å²) in [4.78, 5) is 0. The second-order valence-corrected chi connectivity index (χ2v) is 5.21. The van der Waals surface area contributed by atoms with E-state index in [1.807, 2.05) is 23.0 Å². The Labute approximate surface area is 118 Å². The van der Waals surface area contributed by atoms with Gasteiger partial charge in [-0.3, -0.25) is 0 Å². The highest BCUT2D eigenvalue weighted by Crippen LogP contribution is 2.40. The second-order valence-electron chi connectivity index (χ2n) is 5.21. The van der Waals surface area contributed by atoms with E-state index in [4.69, 9.17) is 5.73 Å². The Kier molecular flexibility index (Phi) is 3.60. The van der Waals surface area contributed by atoms with E-state index in [2.05, 4.69) is 10.4 Å². The maximum Gasteiger partial charge on any atom is 0.115 e. The van der Waals surface area contributed by atoms with Crippen LogP contribution >= 0.6 is 0 Å². The fourth-order valence-corrected chi connectivity index (χ4v) is 2.58. The normalized spacial score (nSPS) is 15.1. The van der Waals surface area contributed by atoms with Gasteiger partial charge in [-0.2, -0.15) is 5.10 Å². The third kappa shape index (κ3) is 2.36. The smallest absolute Gasteiger partial charge is 0.115 e. The molecule has 0 atom stereocenters. The molecule has 1 saturated carbocycles. The molecular formula is C15H20N4O. The number of hydrogen-bond acceptors (Lipinski definition) is 4. The van der Waals surface area contributed by atoms with Gasteiger partial charge in [-0.05, 0) is 37.1 Å². The number of phenols is 1. The number of rotatable bonds is 5. The fraction of sp³-hybridized carbons (Fsp3) is 0.400. The molecule has 1 aliphatic rings. The van der Waals surface area contributed by atoms with E-state index >= 15 is 0 Å². The van der Waals surface area contributed by atoms with Gasteiger partial charge in [0.1, 0.15) is 5.75 Å². The summed E-state index contributed by atoms with van der Waals surface area (Å²) in [6, 6.07) is 7.15. The second kappa shape index (κ2) is 5.54. The molecule has 1 fully saturated rings. The van der Waals surface area contributed by atoms with Crippen molar-refractivity contribution in [1.82, 2.24) is 9.78 Å². The molecule has 106 valence electrons. The molecule has 4 N–H and O–H groups in total. The molecular weight excluding hydrogens is 252 g/mol. The lowest BCUT2D eigenvalue weighted by Crippen LogP contribution is -2.18. The maximum absolute atomic E-state index is 9.40. The number of nitrogens with one attached hydrogen (secondary N) is 1. The quantitative estimate of drug-likeness (QED) is 0.780. The van der Waals surface area contributed by atoms with Crippen LogP contribution in [-0.2, 0) is 0 Å². The van der Waals surface area contributed by atoms with Gasteiger partial charge in [-0.25, -0.2) is 4.68 Å². The van der Waals surface area contributed by atoms with E-state index in [9.17, 15) is 5.11 Å². The number of nitrogens with two attached hydrogens (primary N) is 1. The largest absolute Gasteiger partial charge is 0.508 e. The molecule has 20 heavy (non-hydrogen) atoms. The Morgan fingerprint density at radius 1 is 1.30 bits per heavy atom. The first-order valence-electron chi connectivity index (χ1n) is 7.11. The van der Waals surface area contributed by atoms with Crippen molar-refractivity contribution in [3.8, 4) is 11.4 Å². The first kappa shape index (κ1) is 13.0. The zero-order valence-electron chi connectivity index (χ0n) is 11.4. The lowest BCUT2D eigenvalue weighted by Gasteiger charge is -2.27. The molecule has 1 aliphatic carbocycles. The molecule has 5 heteroatoms. The van der Waals surface area contributed by atoms with Crippen molar-refractivity contribution in [2.75, 3.05) is 18.4 Å². The monoisotopic (exact) mass is 272 g/mol. The third-order valence-corrected chi connectivity index (χ3v) is 3.85. The molecule has 0 bridgehead atoms. The van der Waals surface area contributed by atoms with E-state index in [0.717, 1.165) is 17.9 Å². The van der Waals surface area contributed by atoms with E-state index in [0.29, 0.717) is 12.5 Å². The number of nitrogens with zero attached hydrogens (tertiary/aromatic N) is 2.